The highest BCUT2D eigenvalue weighted by atomic mass is 16.6. The summed E-state index contributed by atoms with van der Waals surface area (Å²) in [5.41, 5.74) is 0.293. The van der Waals surface area contributed by atoms with Crippen molar-refractivity contribution in [3.63, 3.8) is 0 Å². The molecule has 2 aromatic rings. The highest BCUT2D eigenvalue weighted by Crippen LogP contribution is 2.56. The minimum atomic E-state index is -0.641. The molecule has 4 saturated carbocycles. The first kappa shape index (κ1) is 22.6. The van der Waals surface area contributed by atoms with Gasteiger partial charge in [-0.25, -0.2) is 9.78 Å². The molecule has 0 aliphatic heterocycles. The van der Waals surface area contributed by atoms with Crippen LogP contribution in [0.25, 0.3) is 0 Å². The van der Waals surface area contributed by atoms with E-state index in [9.17, 15) is 20.0 Å². The van der Waals surface area contributed by atoms with Crippen LogP contribution in [0.5, 0.6) is 0 Å². The molecular formula is C25H30N4O5. The second-order valence-corrected chi connectivity index (χ2v) is 9.93. The number of carbonyl (C=O) groups is 1. The van der Waals surface area contributed by atoms with Crippen molar-refractivity contribution in [2.24, 2.45) is 17.8 Å². The maximum absolute atomic E-state index is 12.7. The molecule has 1 aromatic heterocycles. The molecule has 4 fully saturated rings. The Bertz CT molecular complexity index is 1080. The zero-order chi connectivity index (χ0) is 23.9. The first-order valence-corrected chi connectivity index (χ1v) is 12.0. The van der Waals surface area contributed by atoms with E-state index in [1.54, 1.807) is 6.92 Å². The smallest absolute Gasteiger partial charge is 0.342 e. The molecule has 1 heterocycles. The van der Waals surface area contributed by atoms with E-state index < -0.39 is 16.5 Å². The molecule has 6 rings (SSSR count). The summed E-state index contributed by atoms with van der Waals surface area (Å²) in [6, 6.07) is 9.50. The molecule has 4 bridgehead atoms. The number of benzene rings is 1. The van der Waals surface area contributed by atoms with Crippen LogP contribution in [0, 0.1) is 27.9 Å². The van der Waals surface area contributed by atoms with E-state index in [0.717, 1.165) is 24.8 Å². The van der Waals surface area contributed by atoms with Crippen LogP contribution in [0.1, 0.15) is 54.9 Å². The maximum atomic E-state index is 12.7. The summed E-state index contributed by atoms with van der Waals surface area (Å²) in [5, 5.41) is 29.7. The van der Waals surface area contributed by atoms with Gasteiger partial charge in [-0.3, -0.25) is 10.1 Å². The number of rotatable bonds is 8. The zero-order valence-corrected chi connectivity index (χ0v) is 19.2. The van der Waals surface area contributed by atoms with Crippen molar-refractivity contribution in [2.75, 3.05) is 17.2 Å². The summed E-state index contributed by atoms with van der Waals surface area (Å²) in [6.45, 7) is 2.21. The molecule has 0 radical (unpaired) electrons. The molecule has 4 aliphatic carbocycles. The van der Waals surface area contributed by atoms with E-state index in [4.69, 9.17) is 4.74 Å². The predicted molar refractivity (Wildman–Crippen MR) is 127 cm³/mol. The molecule has 0 amide bonds. The Morgan fingerprint density at radius 3 is 2.56 bits per heavy atom. The van der Waals surface area contributed by atoms with Gasteiger partial charge < -0.3 is 20.5 Å². The van der Waals surface area contributed by atoms with E-state index in [-0.39, 0.29) is 47.2 Å². The molecule has 3 N–H and O–H groups in total. The number of nitro groups is 1. The predicted octanol–water partition coefficient (Wildman–Crippen LogP) is 4.13. The first-order chi connectivity index (χ1) is 16.4. The number of anilines is 2. The molecule has 1 aromatic carbocycles. The van der Waals surface area contributed by atoms with Gasteiger partial charge in [0.2, 0.25) is 5.82 Å². The largest absolute Gasteiger partial charge is 0.462 e. The van der Waals surface area contributed by atoms with E-state index >= 15 is 0 Å². The fraction of sp³-hybridized carbons (Fsp3) is 0.520. The van der Waals surface area contributed by atoms with E-state index in [1.807, 2.05) is 30.3 Å². The lowest BCUT2D eigenvalue weighted by Gasteiger charge is -2.58. The molecule has 9 heteroatoms. The second kappa shape index (κ2) is 8.87. The summed E-state index contributed by atoms with van der Waals surface area (Å²) < 4.78 is 5.19. The third-order valence-electron chi connectivity index (χ3n) is 7.59. The molecule has 5 atom stereocenters. The average Bonchev–Trinajstić information content (AvgIpc) is 2.79. The monoisotopic (exact) mass is 466 g/mol. The Balaban J connectivity index is 1.50. The summed E-state index contributed by atoms with van der Waals surface area (Å²) in [4.78, 5) is 28.8. The molecule has 180 valence electrons. The Morgan fingerprint density at radius 1 is 1.24 bits per heavy atom. The number of ether oxygens (including phenoxy) is 1. The van der Waals surface area contributed by atoms with Crippen LogP contribution in [0.2, 0.25) is 0 Å². The van der Waals surface area contributed by atoms with E-state index in [1.165, 1.54) is 6.20 Å². The molecule has 0 spiro atoms. The molecule has 34 heavy (non-hydrogen) atoms. The van der Waals surface area contributed by atoms with Crippen LogP contribution < -0.4 is 10.6 Å². The van der Waals surface area contributed by atoms with Crippen molar-refractivity contribution in [1.29, 1.82) is 0 Å². The number of carbonyl (C=O) groups excluding carboxylic acids is 1. The Morgan fingerprint density at radius 2 is 1.94 bits per heavy atom. The second-order valence-electron chi connectivity index (χ2n) is 9.93. The van der Waals surface area contributed by atoms with E-state index in [2.05, 4.69) is 15.6 Å². The number of aromatic nitrogens is 1. The van der Waals surface area contributed by atoms with Gasteiger partial charge in [-0.2, -0.15) is 0 Å². The lowest BCUT2D eigenvalue weighted by Crippen LogP contribution is -2.59. The Kier molecular flexibility index (Phi) is 5.89. The van der Waals surface area contributed by atoms with Crippen LogP contribution >= 0.6 is 0 Å². The van der Waals surface area contributed by atoms with E-state index in [0.29, 0.717) is 25.3 Å². The van der Waals surface area contributed by atoms with Crippen LogP contribution in [0.15, 0.2) is 36.5 Å². The van der Waals surface area contributed by atoms with Crippen molar-refractivity contribution in [1.82, 2.24) is 4.98 Å². The van der Waals surface area contributed by atoms with Gasteiger partial charge >= 0.3 is 11.7 Å². The molecule has 9 nitrogen and oxygen atoms in total. The third-order valence-corrected chi connectivity index (χ3v) is 7.59. The van der Waals surface area contributed by atoms with Crippen LogP contribution in [-0.4, -0.2) is 39.2 Å². The Labute approximate surface area is 198 Å². The summed E-state index contributed by atoms with van der Waals surface area (Å²) in [7, 11) is 0. The van der Waals surface area contributed by atoms with Crippen LogP contribution in [-0.2, 0) is 11.3 Å². The number of aliphatic hydroxyl groups is 1. The van der Waals surface area contributed by atoms with Crippen molar-refractivity contribution < 1.29 is 19.6 Å². The van der Waals surface area contributed by atoms with Gasteiger partial charge in [0.15, 0.2) is 0 Å². The number of esters is 1. The van der Waals surface area contributed by atoms with Crippen molar-refractivity contribution in [2.45, 2.75) is 57.2 Å². The number of pyridine rings is 1. The fourth-order valence-electron chi connectivity index (χ4n) is 6.48. The average molecular weight is 467 g/mol. The fourth-order valence-corrected chi connectivity index (χ4v) is 6.48. The quantitative estimate of drug-likeness (QED) is 0.301. The summed E-state index contributed by atoms with van der Waals surface area (Å²) in [6.07, 6.45) is 5.55. The first-order valence-electron chi connectivity index (χ1n) is 12.0. The topological polar surface area (TPSA) is 127 Å². The summed E-state index contributed by atoms with van der Waals surface area (Å²) >= 11 is 0. The number of nitrogens with zero attached hydrogens (tertiary/aromatic N) is 2. The Hall–Kier alpha value is -3.20. The van der Waals surface area contributed by atoms with Crippen molar-refractivity contribution >= 4 is 23.2 Å². The summed E-state index contributed by atoms with van der Waals surface area (Å²) in [5.74, 6) is 0.379. The molecule has 0 saturated heterocycles. The molecular weight excluding hydrogens is 436 g/mol. The maximum Gasteiger partial charge on any atom is 0.342 e. The number of hydrogen-bond acceptors (Lipinski definition) is 8. The third kappa shape index (κ3) is 4.20. The lowest BCUT2D eigenvalue weighted by molar-refractivity contribution is -0.383. The van der Waals surface area contributed by atoms with Gasteiger partial charge in [-0.05, 0) is 62.3 Å². The number of nitrogens with one attached hydrogen (secondary N) is 2. The van der Waals surface area contributed by atoms with Crippen molar-refractivity contribution in [3.05, 3.63) is 57.8 Å². The normalized spacial score (nSPS) is 29.0. The highest BCUT2D eigenvalue weighted by molar-refractivity contribution is 5.99. The van der Waals surface area contributed by atoms with Crippen LogP contribution in [0.4, 0.5) is 17.2 Å². The minimum absolute atomic E-state index is 0.0481. The van der Waals surface area contributed by atoms with Gasteiger partial charge in [0, 0.05) is 18.8 Å². The SMILES string of the molecule is CCOC(=O)c1cnc(NCc2ccccc2)c([N+](=O)[O-])c1N[C@@H]1[C@@H]2CC3C[C@H]1C[C@](O)(C3)C2. The molecule has 1 unspecified atom stereocenters. The lowest BCUT2D eigenvalue weighted by atomic mass is 9.52. The zero-order valence-electron chi connectivity index (χ0n) is 19.2. The van der Waals surface area contributed by atoms with Gasteiger partial charge in [-0.15, -0.1) is 0 Å². The number of hydrogen-bond donors (Lipinski definition) is 3. The highest BCUT2D eigenvalue weighted by Gasteiger charge is 2.55. The minimum Gasteiger partial charge on any atom is -0.462 e. The van der Waals surface area contributed by atoms with Gasteiger partial charge in [0.05, 0.1) is 17.1 Å². The standard InChI is InChI=1S/C25H30N4O5/c1-2-34-24(30)19-14-27-23(26-13-15-6-4-3-5-7-15)22(29(32)33)21(19)28-20-17-8-16-9-18(20)12-25(31,10-16)11-17/h3-7,14,16-18,20,31H,2,8-13H2,1H3,(H2,26,27,28)/t16?,17-,18+,20-,25+. The van der Waals surface area contributed by atoms with Crippen molar-refractivity contribution in [3.8, 4) is 0 Å². The van der Waals surface area contributed by atoms with Crippen LogP contribution in [0.3, 0.4) is 0 Å². The van der Waals surface area contributed by atoms with Gasteiger partial charge in [0.25, 0.3) is 0 Å². The van der Waals surface area contributed by atoms with Gasteiger partial charge in [0.1, 0.15) is 11.3 Å². The van der Waals surface area contributed by atoms with Gasteiger partial charge in [-0.1, -0.05) is 30.3 Å². The molecule has 4 aliphatic rings.